The molecule has 2 aromatic rings. The van der Waals surface area contributed by atoms with E-state index in [9.17, 15) is 5.11 Å². The van der Waals surface area contributed by atoms with Gasteiger partial charge in [-0.25, -0.2) is 0 Å². The molecule has 1 saturated heterocycles. The van der Waals surface area contributed by atoms with Gasteiger partial charge >= 0.3 is 0 Å². The molecule has 0 spiro atoms. The number of thiophene rings is 1. The van der Waals surface area contributed by atoms with E-state index in [2.05, 4.69) is 22.6 Å². The number of benzene rings is 1. The lowest BCUT2D eigenvalue weighted by atomic mass is 9.96. The van der Waals surface area contributed by atoms with Crippen molar-refractivity contribution in [2.24, 2.45) is 0 Å². The summed E-state index contributed by atoms with van der Waals surface area (Å²) in [5.74, 6) is 0. The van der Waals surface area contributed by atoms with Gasteiger partial charge in [-0.3, -0.25) is 0 Å². The Morgan fingerprint density at radius 1 is 1.30 bits per heavy atom. The average molecular weight is 465 g/mol. The largest absolute Gasteiger partial charge is 0.384 e. The fraction of sp³-hybridized carbons (Fsp3) is 0.412. The molecule has 1 aromatic heterocycles. The first-order chi connectivity index (χ1) is 11.1. The van der Waals surface area contributed by atoms with Crippen LogP contribution in [-0.4, -0.2) is 22.7 Å². The predicted octanol–water partition coefficient (Wildman–Crippen LogP) is 4.81. The average Bonchev–Trinajstić information content (AvgIpc) is 3.18. The molecule has 0 amide bonds. The maximum absolute atomic E-state index is 10.9. The quantitative estimate of drug-likeness (QED) is 0.510. The van der Waals surface area contributed by atoms with Gasteiger partial charge in [-0.1, -0.05) is 40.3 Å². The highest BCUT2D eigenvalue weighted by Gasteiger charge is 2.25. The number of hydrogen-bond acceptors (Lipinski definition) is 4. The van der Waals surface area contributed by atoms with Crippen LogP contribution in [0, 0.1) is 6.92 Å². The number of rotatable bonds is 5. The third-order valence-corrected chi connectivity index (χ3v) is 5.75. The topological polar surface area (TPSA) is 38.7 Å². The highest BCUT2D eigenvalue weighted by atomic mass is 127. The zero-order valence-electron chi connectivity index (χ0n) is 12.7. The van der Waals surface area contributed by atoms with Gasteiger partial charge in [0.25, 0.3) is 0 Å². The summed E-state index contributed by atoms with van der Waals surface area (Å²) >= 11 is 10.1. The van der Waals surface area contributed by atoms with E-state index in [-0.39, 0.29) is 6.29 Å². The zero-order chi connectivity index (χ0) is 16.4. The predicted molar refractivity (Wildman–Crippen MR) is 102 cm³/mol. The van der Waals surface area contributed by atoms with Gasteiger partial charge in [-0.2, -0.15) is 0 Å². The Balaban J connectivity index is 1.93. The fourth-order valence-corrected chi connectivity index (χ4v) is 4.57. The summed E-state index contributed by atoms with van der Waals surface area (Å²) < 4.78 is 12.1. The molecule has 3 rings (SSSR count). The number of aryl methyl sites for hydroxylation is 2. The Morgan fingerprint density at radius 2 is 2.04 bits per heavy atom. The van der Waals surface area contributed by atoms with Crippen molar-refractivity contribution in [1.29, 1.82) is 0 Å². The van der Waals surface area contributed by atoms with Gasteiger partial charge < -0.3 is 14.6 Å². The third-order valence-electron chi connectivity index (χ3n) is 3.89. The van der Waals surface area contributed by atoms with Crippen LogP contribution in [0.2, 0.25) is 5.02 Å². The van der Waals surface area contributed by atoms with E-state index in [1.54, 1.807) is 11.3 Å². The van der Waals surface area contributed by atoms with Gasteiger partial charge in [-0.15, -0.1) is 11.3 Å². The SMILES string of the molecule is Cc1sc(C2OCCO2)cc1[C@H](O)c1cc(Cl)ccc1CCI. The number of aliphatic hydroxyl groups is 1. The van der Waals surface area contributed by atoms with Gasteiger partial charge in [0, 0.05) is 14.3 Å². The summed E-state index contributed by atoms with van der Waals surface area (Å²) in [5, 5.41) is 11.6. The van der Waals surface area contributed by atoms with Gasteiger partial charge in [0.05, 0.1) is 18.1 Å². The molecule has 1 aliphatic rings. The van der Waals surface area contributed by atoms with Crippen LogP contribution in [0.25, 0.3) is 0 Å². The number of halogens is 2. The first kappa shape index (κ1) is 17.6. The molecule has 3 nitrogen and oxygen atoms in total. The second-order valence-corrected chi connectivity index (χ2v) is 8.22. The van der Waals surface area contributed by atoms with Crippen LogP contribution in [-0.2, 0) is 15.9 Å². The molecule has 6 heteroatoms. The van der Waals surface area contributed by atoms with Crippen LogP contribution in [0.3, 0.4) is 0 Å². The van der Waals surface area contributed by atoms with Crippen LogP contribution in [0.5, 0.6) is 0 Å². The molecule has 1 fully saturated rings. The molecule has 124 valence electrons. The summed E-state index contributed by atoms with van der Waals surface area (Å²) in [6, 6.07) is 7.75. The highest BCUT2D eigenvalue weighted by Crippen LogP contribution is 2.38. The van der Waals surface area contributed by atoms with Crippen molar-refractivity contribution in [1.82, 2.24) is 0 Å². The summed E-state index contributed by atoms with van der Waals surface area (Å²) in [6.07, 6.45) is -0.0689. The highest BCUT2D eigenvalue weighted by molar-refractivity contribution is 14.1. The molecule has 1 aliphatic heterocycles. The minimum Gasteiger partial charge on any atom is -0.384 e. The van der Waals surface area contributed by atoms with Gasteiger partial charge in [0.15, 0.2) is 6.29 Å². The Kier molecular flexibility index (Phi) is 5.98. The molecule has 2 heterocycles. The lowest BCUT2D eigenvalue weighted by Gasteiger charge is -2.16. The number of alkyl halides is 1. The molecule has 23 heavy (non-hydrogen) atoms. The van der Waals surface area contributed by atoms with Gasteiger partial charge in [-0.05, 0) is 48.2 Å². The van der Waals surface area contributed by atoms with Crippen molar-refractivity contribution >= 4 is 45.5 Å². The lowest BCUT2D eigenvalue weighted by Crippen LogP contribution is -2.05. The van der Waals surface area contributed by atoms with Crippen molar-refractivity contribution < 1.29 is 14.6 Å². The second-order valence-electron chi connectivity index (χ2n) is 5.42. The van der Waals surface area contributed by atoms with Crippen molar-refractivity contribution in [2.45, 2.75) is 25.7 Å². The van der Waals surface area contributed by atoms with Gasteiger partial charge in [0.2, 0.25) is 0 Å². The maximum Gasteiger partial charge on any atom is 0.193 e. The Morgan fingerprint density at radius 3 is 2.74 bits per heavy atom. The first-order valence-electron chi connectivity index (χ1n) is 7.46. The Hall–Kier alpha value is -0.180. The summed E-state index contributed by atoms with van der Waals surface area (Å²) in [4.78, 5) is 2.08. The molecular formula is C17H18ClIO3S. The molecule has 0 aliphatic carbocycles. The lowest BCUT2D eigenvalue weighted by molar-refractivity contribution is -0.0414. The minimum absolute atomic E-state index is 0.298. The molecule has 0 unspecified atom stereocenters. The second kappa shape index (κ2) is 7.80. The summed E-state index contributed by atoms with van der Waals surface area (Å²) in [5.41, 5.74) is 2.92. The third kappa shape index (κ3) is 3.91. The Bertz CT molecular complexity index is 682. The standard InChI is InChI=1S/C17H18ClIO3S/c1-10-13(9-15(23-10)17-21-6-7-22-17)16(20)14-8-12(18)3-2-11(14)4-5-19/h2-3,8-9,16-17,20H,4-7H2,1H3/t16-/m0/s1. The molecule has 1 aromatic carbocycles. The first-order valence-corrected chi connectivity index (χ1v) is 10.2. The van der Waals surface area contributed by atoms with E-state index in [0.29, 0.717) is 18.2 Å². The van der Waals surface area contributed by atoms with Crippen molar-refractivity contribution in [3.63, 3.8) is 0 Å². The summed E-state index contributed by atoms with van der Waals surface area (Å²) in [7, 11) is 0. The Labute approximate surface area is 158 Å². The molecule has 0 bridgehead atoms. The van der Waals surface area contributed by atoms with Crippen LogP contribution in [0.4, 0.5) is 0 Å². The smallest absolute Gasteiger partial charge is 0.193 e. The zero-order valence-corrected chi connectivity index (χ0v) is 16.5. The number of hydrogen-bond donors (Lipinski definition) is 1. The van der Waals surface area contributed by atoms with Crippen LogP contribution in [0.1, 0.15) is 38.8 Å². The normalized spacial score (nSPS) is 16.9. The summed E-state index contributed by atoms with van der Waals surface area (Å²) in [6.45, 7) is 3.26. The van der Waals surface area contributed by atoms with E-state index in [4.69, 9.17) is 21.1 Å². The fourth-order valence-electron chi connectivity index (χ4n) is 2.75. The van der Waals surface area contributed by atoms with Crippen LogP contribution in [0.15, 0.2) is 24.3 Å². The number of ether oxygens (including phenoxy) is 2. The van der Waals surface area contributed by atoms with Crippen LogP contribution >= 0.6 is 45.5 Å². The van der Waals surface area contributed by atoms with Gasteiger partial charge in [0.1, 0.15) is 6.10 Å². The van der Waals surface area contributed by atoms with Crippen molar-refractivity contribution in [2.75, 3.05) is 17.6 Å². The van der Waals surface area contributed by atoms with Crippen molar-refractivity contribution in [3.05, 3.63) is 55.7 Å². The molecule has 1 atom stereocenters. The molecule has 0 saturated carbocycles. The minimum atomic E-state index is -0.682. The molecule has 0 radical (unpaired) electrons. The van der Waals surface area contributed by atoms with E-state index < -0.39 is 6.10 Å². The number of aliphatic hydroxyl groups excluding tert-OH is 1. The van der Waals surface area contributed by atoms with E-state index in [0.717, 1.165) is 37.3 Å². The van der Waals surface area contributed by atoms with E-state index >= 15 is 0 Å². The maximum atomic E-state index is 10.9. The van der Waals surface area contributed by atoms with Crippen molar-refractivity contribution in [3.8, 4) is 0 Å². The van der Waals surface area contributed by atoms with Crippen LogP contribution < -0.4 is 0 Å². The molecule has 1 N–H and O–H groups in total. The molecular weight excluding hydrogens is 447 g/mol. The monoisotopic (exact) mass is 464 g/mol. The van der Waals surface area contributed by atoms with E-state index in [1.165, 1.54) is 0 Å². The van der Waals surface area contributed by atoms with E-state index in [1.807, 2.05) is 31.2 Å².